The topological polar surface area (TPSA) is 44.4 Å². The van der Waals surface area contributed by atoms with Gasteiger partial charge in [-0.05, 0) is 33.9 Å². The van der Waals surface area contributed by atoms with Gasteiger partial charge in [-0.2, -0.15) is 0 Å². The number of unbranched alkanes of at least 4 members (excludes halogenated alkanes) is 1. The first-order chi connectivity index (χ1) is 8.16. The lowest BCUT2D eigenvalue weighted by Crippen LogP contribution is -2.34. The highest BCUT2D eigenvalue weighted by atomic mass is 16.1. The van der Waals surface area contributed by atoms with Gasteiger partial charge in [-0.3, -0.25) is 4.79 Å². The van der Waals surface area contributed by atoms with Gasteiger partial charge in [0.2, 0.25) is 5.91 Å². The zero-order valence-electron chi connectivity index (χ0n) is 11.5. The van der Waals surface area contributed by atoms with Crippen molar-refractivity contribution in [2.24, 2.45) is 0 Å². The summed E-state index contributed by atoms with van der Waals surface area (Å²) in [6.07, 6.45) is 6.67. The summed E-state index contributed by atoms with van der Waals surface area (Å²) in [6, 6.07) is 0. The van der Waals surface area contributed by atoms with E-state index < -0.39 is 0 Å². The predicted octanol–water partition coefficient (Wildman–Crippen LogP) is 1.00. The van der Waals surface area contributed by atoms with Crippen LogP contribution in [0.5, 0.6) is 0 Å². The molecule has 0 radical (unpaired) electrons. The quantitative estimate of drug-likeness (QED) is 0.443. The molecule has 0 spiro atoms. The molecule has 0 rings (SSSR count). The van der Waals surface area contributed by atoms with E-state index in [-0.39, 0.29) is 5.91 Å². The summed E-state index contributed by atoms with van der Waals surface area (Å²) < 4.78 is 0. The molecule has 0 aliphatic rings. The molecule has 0 bridgehead atoms. The molecule has 0 fully saturated rings. The fraction of sp³-hybridized carbons (Fsp3) is 0.769. The lowest BCUT2D eigenvalue weighted by atomic mass is 10.2. The van der Waals surface area contributed by atoms with Crippen molar-refractivity contribution >= 4 is 5.91 Å². The Labute approximate surface area is 105 Å². The first-order valence-electron chi connectivity index (χ1n) is 6.40. The Morgan fingerprint density at radius 1 is 1.24 bits per heavy atom. The number of rotatable bonds is 10. The molecule has 100 valence electrons. The molecule has 0 saturated carbocycles. The van der Waals surface area contributed by atoms with Crippen molar-refractivity contribution < 1.29 is 4.79 Å². The molecule has 4 nitrogen and oxygen atoms in total. The van der Waals surface area contributed by atoms with Gasteiger partial charge >= 0.3 is 0 Å². The highest BCUT2D eigenvalue weighted by molar-refractivity contribution is 5.75. The summed E-state index contributed by atoms with van der Waals surface area (Å²) in [6.45, 7) is 5.55. The molecule has 0 aromatic heterocycles. The van der Waals surface area contributed by atoms with Gasteiger partial charge in [0.05, 0.1) is 0 Å². The van der Waals surface area contributed by atoms with Crippen molar-refractivity contribution in [2.75, 3.05) is 40.3 Å². The molecule has 0 aliphatic heterocycles. The van der Waals surface area contributed by atoms with Gasteiger partial charge in [-0.1, -0.05) is 12.2 Å². The van der Waals surface area contributed by atoms with Gasteiger partial charge in [0.15, 0.2) is 0 Å². The molecule has 0 saturated heterocycles. The molecular weight excluding hydrogens is 214 g/mol. The maximum absolute atomic E-state index is 11.4. The number of likely N-dealkylation sites (N-methyl/N-ethyl adjacent to an activating group) is 1. The Morgan fingerprint density at radius 2 is 2.00 bits per heavy atom. The van der Waals surface area contributed by atoms with Crippen LogP contribution in [0.15, 0.2) is 12.2 Å². The van der Waals surface area contributed by atoms with Crippen molar-refractivity contribution in [3.8, 4) is 0 Å². The molecule has 1 amide bonds. The van der Waals surface area contributed by atoms with E-state index in [1.54, 1.807) is 0 Å². The largest absolute Gasteiger partial charge is 0.355 e. The Kier molecular flexibility index (Phi) is 11.0. The number of amides is 1. The van der Waals surface area contributed by atoms with E-state index in [1.807, 2.05) is 27.1 Å². The first kappa shape index (κ1) is 16.1. The normalized spacial score (nSPS) is 11.3. The number of hydrogen-bond donors (Lipinski definition) is 2. The van der Waals surface area contributed by atoms with Gasteiger partial charge in [0, 0.05) is 32.6 Å². The Morgan fingerprint density at radius 3 is 2.65 bits per heavy atom. The van der Waals surface area contributed by atoms with E-state index in [2.05, 4.69) is 21.6 Å². The minimum atomic E-state index is 0.156. The van der Waals surface area contributed by atoms with Crippen molar-refractivity contribution in [1.29, 1.82) is 0 Å². The molecule has 0 aliphatic carbocycles. The molecule has 0 atom stereocenters. The van der Waals surface area contributed by atoms with Gasteiger partial charge < -0.3 is 15.5 Å². The number of allylic oxidation sites excluding steroid dienone is 2. The molecule has 0 aromatic rings. The van der Waals surface area contributed by atoms with E-state index in [0.717, 1.165) is 39.0 Å². The van der Waals surface area contributed by atoms with Crippen molar-refractivity contribution in [3.63, 3.8) is 0 Å². The lowest BCUT2D eigenvalue weighted by molar-refractivity contribution is -0.121. The van der Waals surface area contributed by atoms with E-state index in [0.29, 0.717) is 6.42 Å². The minimum Gasteiger partial charge on any atom is -0.355 e. The average molecular weight is 241 g/mol. The maximum Gasteiger partial charge on any atom is 0.220 e. The SMILES string of the molecule is C/C=C/CCCC(=O)NCCNCCN(C)C. The number of hydrogen-bond acceptors (Lipinski definition) is 3. The Bertz CT molecular complexity index is 215. The third kappa shape index (κ3) is 13.1. The summed E-state index contributed by atoms with van der Waals surface area (Å²) in [5, 5.41) is 6.19. The molecule has 4 heteroatoms. The van der Waals surface area contributed by atoms with Crippen LogP contribution < -0.4 is 10.6 Å². The van der Waals surface area contributed by atoms with Crippen LogP contribution >= 0.6 is 0 Å². The van der Waals surface area contributed by atoms with E-state index in [4.69, 9.17) is 0 Å². The fourth-order valence-corrected chi connectivity index (χ4v) is 1.35. The highest BCUT2D eigenvalue weighted by Crippen LogP contribution is 1.95. The second kappa shape index (κ2) is 11.6. The van der Waals surface area contributed by atoms with Crippen LogP contribution in [0.3, 0.4) is 0 Å². The van der Waals surface area contributed by atoms with Crippen LogP contribution in [0.25, 0.3) is 0 Å². The maximum atomic E-state index is 11.4. The lowest BCUT2D eigenvalue weighted by Gasteiger charge is -2.10. The van der Waals surface area contributed by atoms with E-state index in [9.17, 15) is 4.79 Å². The number of carbonyl (C=O) groups excluding carboxylic acids is 1. The summed E-state index contributed by atoms with van der Waals surface area (Å²) in [7, 11) is 4.10. The highest BCUT2D eigenvalue weighted by Gasteiger charge is 1.98. The first-order valence-corrected chi connectivity index (χ1v) is 6.40. The Balaban J connectivity index is 3.22. The predicted molar refractivity (Wildman–Crippen MR) is 73.1 cm³/mol. The summed E-state index contributed by atoms with van der Waals surface area (Å²) >= 11 is 0. The molecule has 0 heterocycles. The van der Waals surface area contributed by atoms with Crippen LogP contribution in [-0.4, -0.2) is 51.1 Å². The van der Waals surface area contributed by atoms with Crippen molar-refractivity contribution in [2.45, 2.75) is 26.2 Å². The monoisotopic (exact) mass is 241 g/mol. The third-order valence-electron chi connectivity index (χ3n) is 2.37. The molecule has 2 N–H and O–H groups in total. The average Bonchev–Trinajstić information content (AvgIpc) is 2.29. The van der Waals surface area contributed by atoms with Crippen LogP contribution in [-0.2, 0) is 4.79 Å². The van der Waals surface area contributed by atoms with Crippen LogP contribution in [0.4, 0.5) is 0 Å². The third-order valence-corrected chi connectivity index (χ3v) is 2.37. The smallest absolute Gasteiger partial charge is 0.220 e. The summed E-state index contributed by atoms with van der Waals surface area (Å²) in [5.41, 5.74) is 0. The van der Waals surface area contributed by atoms with Crippen LogP contribution in [0.1, 0.15) is 26.2 Å². The number of nitrogens with zero attached hydrogens (tertiary/aromatic N) is 1. The zero-order valence-corrected chi connectivity index (χ0v) is 11.5. The van der Waals surface area contributed by atoms with Gasteiger partial charge in [0.1, 0.15) is 0 Å². The minimum absolute atomic E-state index is 0.156. The molecule has 0 unspecified atom stereocenters. The molecule has 0 aromatic carbocycles. The number of nitrogens with one attached hydrogen (secondary N) is 2. The molecule has 17 heavy (non-hydrogen) atoms. The van der Waals surface area contributed by atoms with Gasteiger partial charge in [-0.15, -0.1) is 0 Å². The van der Waals surface area contributed by atoms with Gasteiger partial charge in [-0.25, -0.2) is 0 Å². The second-order valence-corrected chi connectivity index (χ2v) is 4.36. The van der Waals surface area contributed by atoms with Crippen LogP contribution in [0, 0.1) is 0 Å². The van der Waals surface area contributed by atoms with Crippen molar-refractivity contribution in [3.05, 3.63) is 12.2 Å². The van der Waals surface area contributed by atoms with Crippen LogP contribution in [0.2, 0.25) is 0 Å². The second-order valence-electron chi connectivity index (χ2n) is 4.36. The van der Waals surface area contributed by atoms with E-state index >= 15 is 0 Å². The zero-order chi connectivity index (χ0) is 12.9. The summed E-state index contributed by atoms with van der Waals surface area (Å²) in [4.78, 5) is 13.5. The van der Waals surface area contributed by atoms with Gasteiger partial charge in [0.25, 0.3) is 0 Å². The fourth-order valence-electron chi connectivity index (χ4n) is 1.35. The van der Waals surface area contributed by atoms with E-state index in [1.165, 1.54) is 0 Å². The standard InChI is InChI=1S/C13H27N3O/c1-4-5-6-7-8-13(17)15-10-9-14-11-12-16(2)3/h4-5,14H,6-12H2,1-3H3,(H,15,17)/b5-4+. The number of carbonyl (C=O) groups is 1. The summed E-state index contributed by atoms with van der Waals surface area (Å²) in [5.74, 6) is 0.156. The van der Waals surface area contributed by atoms with Crippen molar-refractivity contribution in [1.82, 2.24) is 15.5 Å². The Hall–Kier alpha value is -0.870. The molecular formula is C13H27N3O.